The van der Waals surface area contributed by atoms with Crippen LogP contribution >= 0.6 is 7.14 Å². The van der Waals surface area contributed by atoms with Crippen LogP contribution in [0.2, 0.25) is 0 Å². The van der Waals surface area contributed by atoms with Crippen molar-refractivity contribution in [3.05, 3.63) is 66.5 Å². The predicted molar refractivity (Wildman–Crippen MR) is 120 cm³/mol. The van der Waals surface area contributed by atoms with Gasteiger partial charge in [0.15, 0.2) is 0 Å². The highest BCUT2D eigenvalue weighted by molar-refractivity contribution is 7.70. The fourth-order valence-electron chi connectivity index (χ4n) is 3.72. The maximum absolute atomic E-state index is 12.3. The van der Waals surface area contributed by atoms with Crippen LogP contribution in [0.4, 0.5) is 11.4 Å². The van der Waals surface area contributed by atoms with Gasteiger partial charge in [0.25, 0.3) is 0 Å². The zero-order valence-corrected chi connectivity index (χ0v) is 17.4. The van der Waals surface area contributed by atoms with Crippen LogP contribution < -0.4 is 15.1 Å². The van der Waals surface area contributed by atoms with E-state index in [1.54, 1.807) is 0 Å². The molecule has 0 bridgehead atoms. The molecule has 0 atom stereocenters. The molecule has 0 amide bonds. The van der Waals surface area contributed by atoms with E-state index in [4.69, 9.17) is 0 Å². The molecular weight excluding hydrogens is 367 g/mol. The Morgan fingerprint density at radius 2 is 1.46 bits per heavy atom. The van der Waals surface area contributed by atoms with Crippen molar-refractivity contribution in [2.45, 2.75) is 0 Å². The monoisotopic (exact) mass is 394 g/mol. The van der Waals surface area contributed by atoms with Crippen LogP contribution in [0.5, 0.6) is 0 Å². The molecule has 6 heteroatoms. The molecule has 0 N–H and O–H groups in total. The number of hydrogen-bond acceptors (Lipinski definition) is 5. The van der Waals surface area contributed by atoms with E-state index >= 15 is 0 Å². The molecule has 146 valence electrons. The summed E-state index contributed by atoms with van der Waals surface area (Å²) in [6.45, 7) is 8.18. The van der Waals surface area contributed by atoms with E-state index in [1.807, 2.05) is 31.7 Å². The van der Waals surface area contributed by atoms with E-state index < -0.39 is 7.14 Å². The normalized spacial score (nSPS) is 17.6. The highest BCUT2D eigenvalue weighted by Gasteiger charge is 2.24. The van der Waals surface area contributed by atoms with Gasteiger partial charge in [0, 0.05) is 49.1 Å². The van der Waals surface area contributed by atoms with Gasteiger partial charge in [-0.25, -0.2) is 0 Å². The fourth-order valence-corrected chi connectivity index (χ4v) is 4.59. The smallest absolute Gasteiger partial charge is 0.116 e. The highest BCUT2D eigenvalue weighted by atomic mass is 31.2. The lowest BCUT2D eigenvalue weighted by Gasteiger charge is -2.42. The summed E-state index contributed by atoms with van der Waals surface area (Å²) < 4.78 is 12.3. The van der Waals surface area contributed by atoms with E-state index in [0.717, 1.165) is 37.2 Å². The maximum atomic E-state index is 12.3. The molecule has 2 aromatic rings. The second-order valence-electron chi connectivity index (χ2n) is 7.60. The second-order valence-corrected chi connectivity index (χ2v) is 10.8. The number of rotatable bonds is 4. The molecular formula is C22H27N4OP. The van der Waals surface area contributed by atoms with Crippen molar-refractivity contribution in [3.8, 4) is 0 Å². The number of piperazine rings is 1. The van der Waals surface area contributed by atoms with Crippen LogP contribution in [0.15, 0.2) is 71.5 Å². The summed E-state index contributed by atoms with van der Waals surface area (Å²) in [5, 5.41) is 0.916. The average molecular weight is 394 g/mol. The fraction of sp³-hybridized carbons (Fsp3) is 0.318. The van der Waals surface area contributed by atoms with Gasteiger partial charge in [-0.3, -0.25) is 4.99 Å². The van der Waals surface area contributed by atoms with Crippen LogP contribution in [0.1, 0.15) is 0 Å². The quantitative estimate of drug-likeness (QED) is 0.745. The summed E-state index contributed by atoms with van der Waals surface area (Å²) >= 11 is 0. The van der Waals surface area contributed by atoms with Crippen molar-refractivity contribution in [1.29, 1.82) is 0 Å². The molecule has 1 fully saturated rings. The number of aliphatic imine (C=N–C) groups is 1. The van der Waals surface area contributed by atoms with Crippen molar-refractivity contribution in [1.82, 2.24) is 4.90 Å². The predicted octanol–water partition coefficient (Wildman–Crippen LogP) is 3.45. The molecule has 1 saturated heterocycles. The summed E-state index contributed by atoms with van der Waals surface area (Å²) in [7, 11) is -2.23. The molecule has 2 aromatic carbocycles. The third kappa shape index (κ3) is 4.00. The van der Waals surface area contributed by atoms with Crippen LogP contribution in [0.25, 0.3) is 0 Å². The Balaban J connectivity index is 1.48. The zero-order valence-electron chi connectivity index (χ0n) is 16.5. The summed E-state index contributed by atoms with van der Waals surface area (Å²) in [5.74, 6) is 1.19. The lowest BCUT2D eigenvalue weighted by Crippen LogP contribution is -2.49. The van der Waals surface area contributed by atoms with E-state index in [1.165, 1.54) is 11.5 Å². The molecule has 2 aliphatic heterocycles. The Morgan fingerprint density at radius 3 is 2.11 bits per heavy atom. The van der Waals surface area contributed by atoms with Crippen molar-refractivity contribution in [2.24, 2.45) is 4.99 Å². The van der Waals surface area contributed by atoms with Crippen molar-refractivity contribution < 1.29 is 4.57 Å². The molecule has 5 nitrogen and oxygen atoms in total. The molecule has 2 heterocycles. The van der Waals surface area contributed by atoms with Crippen molar-refractivity contribution in [3.63, 3.8) is 0 Å². The van der Waals surface area contributed by atoms with Crippen molar-refractivity contribution >= 4 is 30.0 Å². The zero-order chi connectivity index (χ0) is 19.6. The third-order valence-electron chi connectivity index (χ3n) is 5.34. The Bertz CT molecular complexity index is 909. The minimum Gasteiger partial charge on any atom is -0.368 e. The Morgan fingerprint density at radius 1 is 0.821 bits per heavy atom. The molecule has 4 rings (SSSR count). The largest absolute Gasteiger partial charge is 0.368 e. The number of para-hydroxylation sites is 1. The number of allylic oxidation sites excluding steroid dienone is 1. The number of anilines is 2. The van der Waals surface area contributed by atoms with Gasteiger partial charge < -0.3 is 19.3 Å². The van der Waals surface area contributed by atoms with Gasteiger partial charge in [0.1, 0.15) is 19.6 Å². The summed E-state index contributed by atoms with van der Waals surface area (Å²) in [6, 6.07) is 18.7. The Kier molecular flexibility index (Phi) is 5.27. The Hall–Kier alpha value is -2.52. The van der Waals surface area contributed by atoms with Gasteiger partial charge >= 0.3 is 0 Å². The maximum Gasteiger partial charge on any atom is 0.116 e. The van der Waals surface area contributed by atoms with Crippen molar-refractivity contribution in [2.75, 3.05) is 56.0 Å². The summed E-state index contributed by atoms with van der Waals surface area (Å²) in [6.07, 6.45) is 4.00. The molecule has 0 radical (unpaired) electrons. The SMILES string of the molecule is CP(C)(=O)c1ccc(N2CN=CC=C2N2CCN(c3ccccc3)CC2)cc1. The topological polar surface area (TPSA) is 39.2 Å². The van der Waals surface area contributed by atoms with E-state index in [2.05, 4.69) is 68.2 Å². The van der Waals surface area contributed by atoms with E-state index in [-0.39, 0.29) is 0 Å². The van der Waals surface area contributed by atoms with Gasteiger partial charge in [-0.1, -0.05) is 18.2 Å². The minimum atomic E-state index is -2.23. The molecule has 0 unspecified atom stereocenters. The van der Waals surface area contributed by atoms with Gasteiger partial charge in [-0.2, -0.15) is 0 Å². The molecule has 28 heavy (non-hydrogen) atoms. The summed E-state index contributed by atoms with van der Waals surface area (Å²) in [4.78, 5) is 11.6. The van der Waals surface area contributed by atoms with Crippen LogP contribution in [0, 0.1) is 0 Å². The van der Waals surface area contributed by atoms with Crippen LogP contribution in [-0.2, 0) is 4.57 Å². The molecule has 0 saturated carbocycles. The summed E-state index contributed by atoms with van der Waals surface area (Å²) in [5.41, 5.74) is 2.38. The van der Waals surface area contributed by atoms with Gasteiger partial charge in [0.05, 0.1) is 0 Å². The number of hydrogen-bond donors (Lipinski definition) is 0. The first-order valence-corrected chi connectivity index (χ1v) is 12.3. The Labute approximate surface area is 167 Å². The lowest BCUT2D eigenvalue weighted by molar-refractivity contribution is 0.312. The second kappa shape index (κ2) is 7.84. The third-order valence-corrected chi connectivity index (χ3v) is 6.88. The standard InChI is InChI=1S/C22H27N4OP/c1-28(2,27)21-10-8-20(9-11-21)26-18-23-13-12-22(26)25-16-14-24(15-17-25)19-6-4-3-5-7-19/h3-13H,14-18H2,1-2H3. The van der Waals surface area contributed by atoms with E-state index in [0.29, 0.717) is 6.67 Å². The number of benzene rings is 2. The molecule has 0 aromatic heterocycles. The first-order valence-electron chi connectivity index (χ1n) is 9.70. The highest BCUT2D eigenvalue weighted by Crippen LogP contribution is 2.35. The molecule has 2 aliphatic rings. The average Bonchev–Trinajstić information content (AvgIpc) is 2.74. The number of nitrogens with zero attached hydrogens (tertiary/aromatic N) is 4. The van der Waals surface area contributed by atoms with Crippen LogP contribution in [-0.4, -0.2) is 57.3 Å². The van der Waals surface area contributed by atoms with Gasteiger partial charge in [-0.05, 0) is 55.8 Å². The first-order chi connectivity index (χ1) is 13.5. The molecule has 0 spiro atoms. The van der Waals surface area contributed by atoms with E-state index in [9.17, 15) is 4.57 Å². The molecule has 0 aliphatic carbocycles. The first kappa shape index (κ1) is 18.8. The minimum absolute atomic E-state index is 0.611. The van der Waals surface area contributed by atoms with Gasteiger partial charge in [-0.15, -0.1) is 0 Å². The lowest BCUT2D eigenvalue weighted by atomic mass is 10.2. The van der Waals surface area contributed by atoms with Crippen LogP contribution in [0.3, 0.4) is 0 Å². The van der Waals surface area contributed by atoms with Gasteiger partial charge in [0.2, 0.25) is 0 Å².